The van der Waals surface area contributed by atoms with Crippen LogP contribution in [0.5, 0.6) is 0 Å². The van der Waals surface area contributed by atoms with E-state index in [1.54, 1.807) is 0 Å². The summed E-state index contributed by atoms with van der Waals surface area (Å²) in [6.07, 6.45) is 7.38. The van der Waals surface area contributed by atoms with Gasteiger partial charge in [0.2, 0.25) is 5.91 Å². The molecule has 1 aliphatic carbocycles. The van der Waals surface area contributed by atoms with Gasteiger partial charge in [-0.1, -0.05) is 19.1 Å². The Balaban J connectivity index is 1.09. The Hall–Kier alpha value is -3.06. The first-order valence-corrected chi connectivity index (χ1v) is 13.1. The van der Waals surface area contributed by atoms with Gasteiger partial charge < -0.3 is 30.0 Å². The maximum atomic E-state index is 12.4. The van der Waals surface area contributed by atoms with Gasteiger partial charge in [0.1, 0.15) is 0 Å². The van der Waals surface area contributed by atoms with Crippen LogP contribution in [-0.2, 0) is 4.79 Å². The first-order chi connectivity index (χ1) is 17.1. The van der Waals surface area contributed by atoms with Crippen LogP contribution in [0.3, 0.4) is 0 Å². The molecule has 0 unspecified atom stereocenters. The number of H-pyrrole nitrogens is 1. The number of likely N-dealkylation sites (tertiary alicyclic amines) is 1. The fraction of sp³-hybridized carbons (Fsp3) is 0.500. The summed E-state index contributed by atoms with van der Waals surface area (Å²) in [6.45, 7) is 11.4. The molecule has 1 aromatic carbocycles. The molecule has 7 nitrogen and oxygen atoms in total. The Kier molecular flexibility index (Phi) is 5.67. The van der Waals surface area contributed by atoms with Gasteiger partial charge in [0, 0.05) is 81.8 Å². The first kappa shape index (κ1) is 22.4. The summed E-state index contributed by atoms with van der Waals surface area (Å²) in [5.74, 6) is 0.610. The summed E-state index contributed by atoms with van der Waals surface area (Å²) in [7, 11) is 0. The van der Waals surface area contributed by atoms with Crippen molar-refractivity contribution >= 4 is 23.5 Å². The molecule has 2 N–H and O–H groups in total. The minimum Gasteiger partial charge on any atom is -0.370 e. The number of hydrogen-bond donors (Lipinski definition) is 2. The number of carbonyl (C=O) groups is 1. The largest absolute Gasteiger partial charge is 0.370 e. The van der Waals surface area contributed by atoms with Gasteiger partial charge in [-0.3, -0.25) is 4.79 Å². The van der Waals surface area contributed by atoms with Gasteiger partial charge in [-0.2, -0.15) is 0 Å². The van der Waals surface area contributed by atoms with Crippen LogP contribution >= 0.6 is 0 Å². The molecule has 2 aromatic rings. The van der Waals surface area contributed by atoms with Crippen LogP contribution in [0.25, 0.3) is 16.8 Å². The predicted molar refractivity (Wildman–Crippen MR) is 141 cm³/mol. The highest BCUT2D eigenvalue weighted by Crippen LogP contribution is 2.42. The van der Waals surface area contributed by atoms with Crippen molar-refractivity contribution in [2.75, 3.05) is 63.8 Å². The molecular weight excluding hydrogens is 436 g/mol. The predicted octanol–water partition coefficient (Wildman–Crippen LogP) is 3.37. The molecule has 1 aromatic heterocycles. The van der Waals surface area contributed by atoms with Crippen LogP contribution in [0.4, 0.5) is 5.69 Å². The molecule has 1 spiro atoms. The summed E-state index contributed by atoms with van der Waals surface area (Å²) in [5.41, 5.74) is 6.24. The number of rotatable bonds is 7. The summed E-state index contributed by atoms with van der Waals surface area (Å²) in [6, 6.07) is 11.1. The highest BCUT2D eigenvalue weighted by Gasteiger charge is 2.51. The molecule has 7 heteroatoms. The Labute approximate surface area is 207 Å². The minimum atomic E-state index is 0.280. The highest BCUT2D eigenvalue weighted by atomic mass is 16.2. The Morgan fingerprint density at radius 1 is 1.03 bits per heavy atom. The Morgan fingerprint density at radius 2 is 1.71 bits per heavy atom. The van der Waals surface area contributed by atoms with Gasteiger partial charge in [-0.25, -0.2) is 0 Å². The van der Waals surface area contributed by atoms with Crippen molar-refractivity contribution < 1.29 is 4.79 Å². The van der Waals surface area contributed by atoms with Crippen molar-refractivity contribution in [2.24, 2.45) is 11.3 Å². The van der Waals surface area contributed by atoms with E-state index in [2.05, 4.69) is 63.1 Å². The minimum absolute atomic E-state index is 0.280. The average molecular weight is 473 g/mol. The maximum Gasteiger partial charge on any atom is 0.225 e. The van der Waals surface area contributed by atoms with Crippen LogP contribution in [0.2, 0.25) is 0 Å². The second-order valence-electron chi connectivity index (χ2n) is 10.8. The van der Waals surface area contributed by atoms with Gasteiger partial charge in [0.05, 0.1) is 11.4 Å². The number of aromatic amines is 1. The summed E-state index contributed by atoms with van der Waals surface area (Å²) >= 11 is 0. The molecule has 1 saturated carbocycles. The van der Waals surface area contributed by atoms with Crippen molar-refractivity contribution in [3.63, 3.8) is 0 Å². The van der Waals surface area contributed by atoms with Crippen molar-refractivity contribution in [3.8, 4) is 11.1 Å². The number of nitrogens with one attached hydrogen (secondary N) is 2. The smallest absolute Gasteiger partial charge is 0.225 e. The number of nitrogens with zero attached hydrogens (tertiary/aromatic N) is 4. The normalized spacial score (nSPS) is 22.2. The quantitative estimate of drug-likeness (QED) is 0.607. The molecule has 4 heterocycles. The molecule has 4 aliphatic rings. The fourth-order valence-electron chi connectivity index (χ4n) is 6.05. The van der Waals surface area contributed by atoms with E-state index in [9.17, 15) is 4.79 Å². The topological polar surface area (TPSA) is 69.7 Å². The SMILES string of the molecule is CCN1CC2(C1)CN(c1ccc(-c3c[nH]c(/C(=C\C=N)N4CCN(C(=O)C5CC5)CC4)c3)cc1)C2. The summed E-state index contributed by atoms with van der Waals surface area (Å²) < 4.78 is 0. The van der Waals surface area contributed by atoms with E-state index in [0.717, 1.165) is 56.0 Å². The molecule has 4 fully saturated rings. The second-order valence-corrected chi connectivity index (χ2v) is 10.8. The second kappa shape index (κ2) is 8.86. The number of allylic oxidation sites excluding steroid dienone is 1. The number of carbonyl (C=O) groups excluding carboxylic acids is 1. The molecule has 3 aliphatic heterocycles. The maximum absolute atomic E-state index is 12.4. The third kappa shape index (κ3) is 4.27. The molecule has 0 atom stereocenters. The van der Waals surface area contributed by atoms with E-state index in [-0.39, 0.29) is 5.92 Å². The van der Waals surface area contributed by atoms with E-state index in [1.165, 1.54) is 50.2 Å². The summed E-state index contributed by atoms with van der Waals surface area (Å²) in [5, 5.41) is 7.69. The lowest BCUT2D eigenvalue weighted by molar-refractivity contribution is -0.133. The van der Waals surface area contributed by atoms with Crippen molar-refractivity contribution in [1.82, 2.24) is 19.7 Å². The number of aromatic nitrogens is 1. The van der Waals surface area contributed by atoms with Crippen LogP contribution in [-0.4, -0.2) is 90.7 Å². The Bertz CT molecular complexity index is 1110. The monoisotopic (exact) mass is 472 g/mol. The van der Waals surface area contributed by atoms with Crippen molar-refractivity contribution in [2.45, 2.75) is 19.8 Å². The lowest BCUT2D eigenvalue weighted by atomic mass is 9.72. The van der Waals surface area contributed by atoms with Crippen molar-refractivity contribution in [3.05, 3.63) is 48.3 Å². The zero-order valence-corrected chi connectivity index (χ0v) is 20.7. The first-order valence-electron chi connectivity index (χ1n) is 13.1. The van der Waals surface area contributed by atoms with Gasteiger partial charge in [0.15, 0.2) is 0 Å². The van der Waals surface area contributed by atoms with E-state index < -0.39 is 0 Å². The molecule has 35 heavy (non-hydrogen) atoms. The van der Waals surface area contributed by atoms with Crippen LogP contribution in [0, 0.1) is 16.7 Å². The van der Waals surface area contributed by atoms with Crippen LogP contribution in [0.15, 0.2) is 42.6 Å². The zero-order chi connectivity index (χ0) is 24.0. The van der Waals surface area contributed by atoms with Gasteiger partial charge in [-0.05, 0) is 54.8 Å². The molecular formula is C28H36N6O. The number of hydrogen-bond acceptors (Lipinski definition) is 5. The van der Waals surface area contributed by atoms with Crippen molar-refractivity contribution in [1.29, 1.82) is 5.41 Å². The number of piperazine rings is 1. The van der Waals surface area contributed by atoms with Crippen LogP contribution < -0.4 is 4.90 Å². The number of benzene rings is 1. The number of anilines is 1. The molecule has 6 rings (SSSR count). The van der Waals surface area contributed by atoms with Gasteiger partial charge >= 0.3 is 0 Å². The molecule has 184 valence electrons. The van der Waals surface area contributed by atoms with E-state index in [4.69, 9.17) is 5.41 Å². The highest BCUT2D eigenvalue weighted by molar-refractivity contribution is 5.83. The Morgan fingerprint density at radius 3 is 2.34 bits per heavy atom. The third-order valence-electron chi connectivity index (χ3n) is 8.24. The van der Waals surface area contributed by atoms with E-state index >= 15 is 0 Å². The lowest BCUT2D eigenvalue weighted by Gasteiger charge is -2.61. The van der Waals surface area contributed by atoms with Gasteiger partial charge in [0.25, 0.3) is 0 Å². The molecule has 0 radical (unpaired) electrons. The average Bonchev–Trinajstić information content (AvgIpc) is 3.58. The van der Waals surface area contributed by atoms with Gasteiger partial charge in [-0.15, -0.1) is 0 Å². The van der Waals surface area contributed by atoms with E-state index in [1.807, 2.05) is 11.0 Å². The third-order valence-corrected chi connectivity index (χ3v) is 8.24. The van der Waals surface area contributed by atoms with Crippen LogP contribution in [0.1, 0.15) is 25.5 Å². The molecule has 3 saturated heterocycles. The standard InChI is InChI=1S/C28H36N6O/c1-2-31-17-28(18-31)19-34(20-28)24-7-5-21(6-8-24)23-15-25(30-16-23)26(9-10-29)32-11-13-33(14-12-32)27(35)22-3-4-22/h5-10,15-16,22,29-30H,2-4,11-14,17-20H2,1H3/b26-9+,29-10?. The lowest BCUT2D eigenvalue weighted by Crippen LogP contribution is -2.72. The molecule has 1 amide bonds. The molecule has 0 bridgehead atoms. The zero-order valence-electron chi connectivity index (χ0n) is 20.7. The summed E-state index contributed by atoms with van der Waals surface area (Å²) in [4.78, 5) is 25.2. The van der Waals surface area contributed by atoms with E-state index in [0.29, 0.717) is 11.3 Å². The number of amides is 1. The fourth-order valence-corrected chi connectivity index (χ4v) is 6.05.